The molecule has 1 aromatic heterocycles. The van der Waals surface area contributed by atoms with Gasteiger partial charge in [0.2, 0.25) is 0 Å². The number of rotatable bonds is 6. The van der Waals surface area contributed by atoms with Gasteiger partial charge >= 0.3 is 5.97 Å². The van der Waals surface area contributed by atoms with Crippen LogP contribution in [0, 0.1) is 25.2 Å². The molecule has 0 aliphatic rings. The predicted octanol–water partition coefficient (Wildman–Crippen LogP) is 3.06. The van der Waals surface area contributed by atoms with Crippen molar-refractivity contribution < 1.29 is 19.1 Å². The van der Waals surface area contributed by atoms with Crippen molar-refractivity contribution in [2.45, 2.75) is 20.8 Å². The van der Waals surface area contributed by atoms with E-state index in [0.29, 0.717) is 33.8 Å². The van der Waals surface area contributed by atoms with Gasteiger partial charge in [0, 0.05) is 36.7 Å². The summed E-state index contributed by atoms with van der Waals surface area (Å²) in [5.74, 6) is -1.22. The number of H-pyrrole nitrogens is 1. The average molecular weight is 408 g/mol. The first kappa shape index (κ1) is 22.4. The molecule has 0 spiro atoms. The molecule has 156 valence electrons. The number of esters is 1. The van der Waals surface area contributed by atoms with Crippen molar-refractivity contribution in [2.24, 2.45) is 0 Å². The minimum Gasteiger partial charge on any atom is -0.462 e. The number of amides is 2. The number of ether oxygens (including phenoxy) is 1. The summed E-state index contributed by atoms with van der Waals surface area (Å²) in [7, 11) is 3.30. The van der Waals surface area contributed by atoms with Gasteiger partial charge in [-0.25, -0.2) is 4.79 Å². The zero-order chi connectivity index (χ0) is 22.4. The topological polar surface area (TPSA) is 115 Å². The van der Waals surface area contributed by atoms with Crippen molar-refractivity contribution in [3.63, 3.8) is 0 Å². The second-order valence-corrected chi connectivity index (χ2v) is 6.79. The summed E-state index contributed by atoms with van der Waals surface area (Å²) in [6.45, 7) is 5.41. The summed E-state index contributed by atoms with van der Waals surface area (Å²) in [6, 6.07) is 8.25. The summed E-state index contributed by atoms with van der Waals surface area (Å²) >= 11 is 0. The van der Waals surface area contributed by atoms with E-state index in [9.17, 15) is 19.6 Å². The van der Waals surface area contributed by atoms with Crippen LogP contribution >= 0.6 is 0 Å². The van der Waals surface area contributed by atoms with E-state index in [-0.39, 0.29) is 18.1 Å². The number of aromatic amines is 1. The van der Waals surface area contributed by atoms with Gasteiger partial charge in [-0.2, -0.15) is 5.26 Å². The Morgan fingerprint density at radius 1 is 1.20 bits per heavy atom. The number of nitrogens with zero attached hydrogens (tertiary/aromatic N) is 2. The van der Waals surface area contributed by atoms with Gasteiger partial charge < -0.3 is 19.9 Å². The molecule has 0 saturated carbocycles. The molecule has 8 heteroatoms. The van der Waals surface area contributed by atoms with Gasteiger partial charge in [0.05, 0.1) is 12.2 Å². The highest BCUT2D eigenvalue weighted by Crippen LogP contribution is 2.22. The fourth-order valence-corrected chi connectivity index (χ4v) is 2.87. The summed E-state index contributed by atoms with van der Waals surface area (Å²) in [6.07, 6.45) is 1.39. The molecule has 0 aliphatic carbocycles. The third-order valence-corrected chi connectivity index (χ3v) is 4.41. The van der Waals surface area contributed by atoms with Crippen LogP contribution in [-0.4, -0.2) is 48.4 Å². The summed E-state index contributed by atoms with van der Waals surface area (Å²) < 4.78 is 5.05. The van der Waals surface area contributed by atoms with Gasteiger partial charge in [-0.05, 0) is 56.7 Å². The molecule has 0 atom stereocenters. The van der Waals surface area contributed by atoms with Crippen LogP contribution in [0.4, 0.5) is 5.69 Å². The Kier molecular flexibility index (Phi) is 7.15. The van der Waals surface area contributed by atoms with Crippen LogP contribution in [0.25, 0.3) is 6.08 Å². The Labute approximate surface area is 175 Å². The lowest BCUT2D eigenvalue weighted by molar-refractivity contribution is -0.112. The molecular weight excluding hydrogens is 384 g/mol. The maximum Gasteiger partial charge on any atom is 0.340 e. The summed E-state index contributed by atoms with van der Waals surface area (Å²) in [5.41, 5.74) is 2.86. The third-order valence-electron chi connectivity index (χ3n) is 4.41. The lowest BCUT2D eigenvalue weighted by atomic mass is 10.1. The lowest BCUT2D eigenvalue weighted by Gasteiger charge is -2.10. The number of hydrogen-bond donors (Lipinski definition) is 2. The summed E-state index contributed by atoms with van der Waals surface area (Å²) in [5, 5.41) is 12.1. The van der Waals surface area contributed by atoms with E-state index in [2.05, 4.69) is 10.3 Å². The Balaban J connectivity index is 2.24. The van der Waals surface area contributed by atoms with Crippen molar-refractivity contribution in [3.05, 3.63) is 57.9 Å². The van der Waals surface area contributed by atoms with Gasteiger partial charge in [0.25, 0.3) is 11.8 Å². The van der Waals surface area contributed by atoms with E-state index in [0.717, 1.165) is 0 Å². The number of nitrogens with one attached hydrogen (secondary N) is 2. The Morgan fingerprint density at radius 2 is 1.83 bits per heavy atom. The first-order valence-electron chi connectivity index (χ1n) is 9.30. The fourth-order valence-electron chi connectivity index (χ4n) is 2.87. The fraction of sp³-hybridized carbons (Fsp3) is 0.273. The first-order valence-corrected chi connectivity index (χ1v) is 9.30. The number of carbonyl (C=O) groups excluding carboxylic acids is 3. The highest BCUT2D eigenvalue weighted by atomic mass is 16.5. The van der Waals surface area contributed by atoms with Gasteiger partial charge in [-0.3, -0.25) is 9.59 Å². The van der Waals surface area contributed by atoms with Crippen LogP contribution in [0.2, 0.25) is 0 Å². The molecule has 0 unspecified atom stereocenters. The van der Waals surface area contributed by atoms with Gasteiger partial charge in [-0.1, -0.05) is 0 Å². The molecule has 2 aromatic rings. The molecule has 0 fully saturated rings. The van der Waals surface area contributed by atoms with Crippen molar-refractivity contribution in [3.8, 4) is 6.07 Å². The molecule has 1 heterocycles. The normalized spacial score (nSPS) is 10.9. The number of aromatic nitrogens is 1. The molecule has 0 saturated heterocycles. The SMILES string of the molecule is CCOC(=O)c1c(C)[nH]c(/C=C(\C#N)C(=O)Nc2ccc(C(=O)N(C)C)cc2)c1C. The molecule has 2 amide bonds. The number of anilines is 1. The van der Waals surface area contributed by atoms with Crippen LogP contribution in [0.3, 0.4) is 0 Å². The molecule has 0 radical (unpaired) electrons. The first-order chi connectivity index (χ1) is 14.2. The quantitative estimate of drug-likeness (QED) is 0.433. The van der Waals surface area contributed by atoms with Crippen molar-refractivity contribution in [2.75, 3.05) is 26.0 Å². The van der Waals surface area contributed by atoms with Crippen molar-refractivity contribution >= 4 is 29.5 Å². The predicted molar refractivity (Wildman–Crippen MR) is 113 cm³/mol. The van der Waals surface area contributed by atoms with E-state index in [1.54, 1.807) is 59.1 Å². The smallest absolute Gasteiger partial charge is 0.340 e. The highest BCUT2D eigenvalue weighted by Gasteiger charge is 2.20. The van der Waals surface area contributed by atoms with E-state index in [4.69, 9.17) is 4.74 Å². The van der Waals surface area contributed by atoms with Gasteiger partial charge in [0.1, 0.15) is 11.6 Å². The van der Waals surface area contributed by atoms with E-state index in [1.807, 2.05) is 6.07 Å². The molecule has 8 nitrogen and oxygen atoms in total. The molecule has 1 aromatic carbocycles. The van der Waals surface area contributed by atoms with E-state index in [1.165, 1.54) is 11.0 Å². The van der Waals surface area contributed by atoms with Crippen molar-refractivity contribution in [1.29, 1.82) is 5.26 Å². The molecule has 2 N–H and O–H groups in total. The van der Waals surface area contributed by atoms with Crippen LogP contribution in [0.5, 0.6) is 0 Å². The Morgan fingerprint density at radius 3 is 2.37 bits per heavy atom. The Bertz CT molecular complexity index is 1040. The molecule has 0 bridgehead atoms. The Hall–Kier alpha value is -3.86. The zero-order valence-electron chi connectivity index (χ0n) is 17.6. The van der Waals surface area contributed by atoms with Crippen molar-refractivity contribution in [1.82, 2.24) is 9.88 Å². The van der Waals surface area contributed by atoms with E-state index >= 15 is 0 Å². The van der Waals surface area contributed by atoms with E-state index < -0.39 is 11.9 Å². The van der Waals surface area contributed by atoms with Crippen LogP contribution in [0.15, 0.2) is 29.8 Å². The number of carbonyl (C=O) groups is 3. The largest absolute Gasteiger partial charge is 0.462 e. The monoisotopic (exact) mass is 408 g/mol. The third kappa shape index (κ3) is 4.94. The standard InChI is InChI=1S/C22H24N4O4/c1-6-30-22(29)19-13(2)18(24-14(19)3)11-16(12-23)20(27)25-17-9-7-15(8-10-17)21(28)26(4)5/h7-11,24H,6H2,1-5H3,(H,25,27)/b16-11+. The minimum atomic E-state index is -0.603. The number of hydrogen-bond acceptors (Lipinski definition) is 5. The minimum absolute atomic E-state index is 0.136. The van der Waals surface area contributed by atoms with Gasteiger partial charge in [0.15, 0.2) is 0 Å². The second-order valence-electron chi connectivity index (χ2n) is 6.79. The average Bonchev–Trinajstić information content (AvgIpc) is 2.99. The number of benzene rings is 1. The maximum atomic E-state index is 12.5. The van der Waals surface area contributed by atoms with Gasteiger partial charge in [-0.15, -0.1) is 0 Å². The molecule has 2 rings (SSSR count). The summed E-state index contributed by atoms with van der Waals surface area (Å²) in [4.78, 5) is 41.1. The molecular formula is C22H24N4O4. The van der Waals surface area contributed by atoms with Crippen LogP contribution in [-0.2, 0) is 9.53 Å². The van der Waals surface area contributed by atoms with Crippen LogP contribution in [0.1, 0.15) is 44.6 Å². The lowest BCUT2D eigenvalue weighted by Crippen LogP contribution is -2.21. The highest BCUT2D eigenvalue weighted by molar-refractivity contribution is 6.10. The zero-order valence-corrected chi connectivity index (χ0v) is 17.6. The number of nitriles is 1. The molecule has 30 heavy (non-hydrogen) atoms. The van der Waals surface area contributed by atoms with Crippen LogP contribution < -0.4 is 5.32 Å². The maximum absolute atomic E-state index is 12.5. The number of aryl methyl sites for hydroxylation is 1. The second kappa shape index (κ2) is 9.56. The molecule has 0 aliphatic heterocycles.